The van der Waals surface area contributed by atoms with Gasteiger partial charge in [-0.3, -0.25) is 0 Å². The second-order valence-corrected chi connectivity index (χ2v) is 3.85. The van der Waals surface area contributed by atoms with Crippen LogP contribution in [-0.2, 0) is 9.53 Å². The van der Waals surface area contributed by atoms with E-state index in [0.29, 0.717) is 12.2 Å². The summed E-state index contributed by atoms with van der Waals surface area (Å²) in [5.41, 5.74) is 0.355. The highest BCUT2D eigenvalue weighted by Crippen LogP contribution is 2.28. The molecule has 0 heterocycles. The quantitative estimate of drug-likeness (QED) is 0.526. The molecule has 0 radical (unpaired) electrons. The van der Waals surface area contributed by atoms with Crippen LogP contribution in [0.4, 0.5) is 0 Å². The Labute approximate surface area is 84.8 Å². The van der Waals surface area contributed by atoms with E-state index in [1.807, 2.05) is 0 Å². The van der Waals surface area contributed by atoms with Crippen LogP contribution in [0.5, 0.6) is 0 Å². The van der Waals surface area contributed by atoms with Crippen LogP contribution in [0.1, 0.15) is 32.6 Å². The van der Waals surface area contributed by atoms with Crippen LogP contribution in [0, 0.1) is 5.92 Å². The van der Waals surface area contributed by atoms with Crippen LogP contribution in [0.15, 0.2) is 11.6 Å². The highest BCUT2D eigenvalue weighted by molar-refractivity contribution is 5.85. The Morgan fingerprint density at radius 2 is 2.29 bits per heavy atom. The predicted molar refractivity (Wildman–Crippen MR) is 54.2 cm³/mol. The van der Waals surface area contributed by atoms with Crippen LogP contribution < -0.4 is 0 Å². The van der Waals surface area contributed by atoms with Gasteiger partial charge >= 0.3 is 5.97 Å². The van der Waals surface area contributed by atoms with Crippen molar-refractivity contribution in [2.75, 3.05) is 13.2 Å². The molecule has 0 aliphatic heterocycles. The first-order valence-corrected chi connectivity index (χ1v) is 5.18. The highest BCUT2D eigenvalue weighted by Gasteiger charge is 2.16. The van der Waals surface area contributed by atoms with Crippen molar-refractivity contribution in [3.8, 4) is 0 Å². The molecule has 0 amide bonds. The number of ether oxygens (including phenoxy) is 1. The number of carbonyl (C=O) groups is 1. The lowest BCUT2D eigenvalue weighted by Gasteiger charge is -2.24. The highest BCUT2D eigenvalue weighted by atomic mass is 16.5. The molecule has 1 aliphatic carbocycles. The van der Waals surface area contributed by atoms with E-state index in [1.54, 1.807) is 13.0 Å². The molecule has 1 rings (SSSR count). The van der Waals surface area contributed by atoms with Crippen molar-refractivity contribution in [2.24, 2.45) is 5.92 Å². The Morgan fingerprint density at radius 3 is 2.79 bits per heavy atom. The Bertz CT molecular complexity index is 217. The number of aliphatic carboxylic acids is 1. The third kappa shape index (κ3) is 3.92. The molecule has 0 unspecified atom stereocenters. The minimum absolute atomic E-state index is 0.355. The molecule has 1 saturated carbocycles. The number of rotatable bonds is 6. The third-order valence-electron chi connectivity index (χ3n) is 2.74. The number of hydrogen-bond acceptors (Lipinski definition) is 2. The van der Waals surface area contributed by atoms with Crippen molar-refractivity contribution in [3.63, 3.8) is 0 Å². The summed E-state index contributed by atoms with van der Waals surface area (Å²) in [6.07, 6.45) is 6.78. The molecule has 0 spiro atoms. The fourth-order valence-corrected chi connectivity index (χ4v) is 1.39. The van der Waals surface area contributed by atoms with Gasteiger partial charge < -0.3 is 9.84 Å². The Balaban J connectivity index is 1.97. The van der Waals surface area contributed by atoms with Crippen molar-refractivity contribution in [1.29, 1.82) is 0 Å². The van der Waals surface area contributed by atoms with Gasteiger partial charge in [0.1, 0.15) is 0 Å². The SMILES string of the molecule is CC(=CCOCCC1CCC1)C(=O)O. The first kappa shape index (κ1) is 11.2. The largest absolute Gasteiger partial charge is 0.478 e. The van der Waals surface area contributed by atoms with E-state index in [-0.39, 0.29) is 0 Å². The lowest BCUT2D eigenvalue weighted by atomic mass is 9.83. The van der Waals surface area contributed by atoms with Crippen LogP contribution in [-0.4, -0.2) is 24.3 Å². The van der Waals surface area contributed by atoms with Gasteiger partial charge in [-0.05, 0) is 25.3 Å². The fourth-order valence-electron chi connectivity index (χ4n) is 1.39. The summed E-state index contributed by atoms with van der Waals surface area (Å²) < 4.78 is 5.32. The number of carboxylic acids is 1. The molecule has 1 fully saturated rings. The Kier molecular flexibility index (Phi) is 4.66. The van der Waals surface area contributed by atoms with E-state index < -0.39 is 5.97 Å². The summed E-state index contributed by atoms with van der Waals surface area (Å²) in [5.74, 6) is -0.00727. The first-order valence-electron chi connectivity index (χ1n) is 5.18. The van der Waals surface area contributed by atoms with Crippen LogP contribution >= 0.6 is 0 Å². The summed E-state index contributed by atoms with van der Waals surface area (Å²) in [7, 11) is 0. The molecule has 14 heavy (non-hydrogen) atoms. The second-order valence-electron chi connectivity index (χ2n) is 3.85. The molecule has 0 saturated heterocycles. The topological polar surface area (TPSA) is 46.5 Å². The summed E-state index contributed by atoms with van der Waals surface area (Å²) in [6, 6.07) is 0. The fraction of sp³-hybridized carbons (Fsp3) is 0.727. The van der Waals surface area contributed by atoms with Crippen molar-refractivity contribution in [2.45, 2.75) is 32.6 Å². The summed E-state index contributed by atoms with van der Waals surface area (Å²) in [6.45, 7) is 2.76. The predicted octanol–water partition coefficient (Wildman–Crippen LogP) is 2.22. The maximum atomic E-state index is 10.4. The molecular formula is C11H18O3. The van der Waals surface area contributed by atoms with Crippen molar-refractivity contribution in [1.82, 2.24) is 0 Å². The summed E-state index contributed by atoms with van der Waals surface area (Å²) in [4.78, 5) is 10.4. The van der Waals surface area contributed by atoms with Gasteiger partial charge in [-0.2, -0.15) is 0 Å². The van der Waals surface area contributed by atoms with E-state index in [9.17, 15) is 4.79 Å². The van der Waals surface area contributed by atoms with Crippen LogP contribution in [0.25, 0.3) is 0 Å². The molecule has 1 aliphatic rings. The molecule has 0 aromatic heterocycles. The lowest BCUT2D eigenvalue weighted by Crippen LogP contribution is -2.13. The number of hydrogen-bond donors (Lipinski definition) is 1. The Hall–Kier alpha value is -0.830. The third-order valence-corrected chi connectivity index (χ3v) is 2.74. The minimum Gasteiger partial charge on any atom is -0.478 e. The molecule has 0 aromatic carbocycles. The molecule has 0 aromatic rings. The van der Waals surface area contributed by atoms with E-state index in [0.717, 1.165) is 18.9 Å². The molecule has 0 bridgehead atoms. The smallest absolute Gasteiger partial charge is 0.331 e. The molecule has 80 valence electrons. The van der Waals surface area contributed by atoms with Crippen molar-refractivity contribution in [3.05, 3.63) is 11.6 Å². The average Bonchev–Trinajstić information content (AvgIpc) is 2.07. The van der Waals surface area contributed by atoms with Crippen molar-refractivity contribution < 1.29 is 14.6 Å². The van der Waals surface area contributed by atoms with Crippen LogP contribution in [0.2, 0.25) is 0 Å². The maximum Gasteiger partial charge on any atom is 0.331 e. The van der Waals surface area contributed by atoms with Gasteiger partial charge in [-0.1, -0.05) is 19.3 Å². The van der Waals surface area contributed by atoms with E-state index >= 15 is 0 Å². The van der Waals surface area contributed by atoms with Gasteiger partial charge in [0.2, 0.25) is 0 Å². The minimum atomic E-state index is -0.868. The van der Waals surface area contributed by atoms with Crippen molar-refractivity contribution >= 4 is 5.97 Å². The van der Waals surface area contributed by atoms with E-state index in [4.69, 9.17) is 9.84 Å². The van der Waals surface area contributed by atoms with E-state index in [1.165, 1.54) is 19.3 Å². The van der Waals surface area contributed by atoms with Crippen LogP contribution in [0.3, 0.4) is 0 Å². The monoisotopic (exact) mass is 198 g/mol. The maximum absolute atomic E-state index is 10.4. The molecule has 3 nitrogen and oxygen atoms in total. The van der Waals surface area contributed by atoms with E-state index in [2.05, 4.69) is 0 Å². The standard InChI is InChI=1S/C11H18O3/c1-9(11(12)13)5-7-14-8-6-10-3-2-4-10/h5,10H,2-4,6-8H2,1H3,(H,12,13). The zero-order chi connectivity index (χ0) is 10.4. The van der Waals surface area contributed by atoms with Gasteiger partial charge in [-0.25, -0.2) is 4.79 Å². The molecule has 3 heteroatoms. The van der Waals surface area contributed by atoms with Gasteiger partial charge in [0, 0.05) is 12.2 Å². The molecular weight excluding hydrogens is 180 g/mol. The molecule has 1 N–H and O–H groups in total. The zero-order valence-electron chi connectivity index (χ0n) is 8.66. The van der Waals surface area contributed by atoms with Gasteiger partial charge in [-0.15, -0.1) is 0 Å². The summed E-state index contributed by atoms with van der Waals surface area (Å²) >= 11 is 0. The first-order chi connectivity index (χ1) is 6.70. The van der Waals surface area contributed by atoms with Gasteiger partial charge in [0.15, 0.2) is 0 Å². The van der Waals surface area contributed by atoms with Gasteiger partial charge in [0.25, 0.3) is 0 Å². The normalized spacial score (nSPS) is 17.9. The zero-order valence-corrected chi connectivity index (χ0v) is 8.66. The average molecular weight is 198 g/mol. The lowest BCUT2D eigenvalue weighted by molar-refractivity contribution is -0.132. The number of carboxylic acid groups (broad SMARTS) is 1. The summed E-state index contributed by atoms with van der Waals surface area (Å²) in [5, 5.41) is 8.55. The molecule has 0 atom stereocenters. The second kappa shape index (κ2) is 5.81. The Morgan fingerprint density at radius 1 is 1.57 bits per heavy atom. The van der Waals surface area contributed by atoms with Gasteiger partial charge in [0.05, 0.1) is 6.61 Å².